The van der Waals surface area contributed by atoms with E-state index in [2.05, 4.69) is 10.1 Å². The first-order valence-corrected chi connectivity index (χ1v) is 8.50. The summed E-state index contributed by atoms with van der Waals surface area (Å²) in [6.07, 6.45) is 2.09. The summed E-state index contributed by atoms with van der Waals surface area (Å²) in [6.45, 7) is 1.48. The number of ether oxygens (including phenoxy) is 1. The maximum absolute atomic E-state index is 12.1. The zero-order chi connectivity index (χ0) is 18.3. The van der Waals surface area contributed by atoms with Crippen molar-refractivity contribution in [3.05, 3.63) is 59.1 Å². The molecule has 26 heavy (non-hydrogen) atoms. The summed E-state index contributed by atoms with van der Waals surface area (Å²) in [7, 11) is 1.61. The van der Waals surface area contributed by atoms with Gasteiger partial charge in [0.1, 0.15) is 22.4 Å². The summed E-state index contributed by atoms with van der Waals surface area (Å²) >= 11 is 6.44. The van der Waals surface area contributed by atoms with Crippen molar-refractivity contribution in [3.8, 4) is 5.75 Å². The number of benzene rings is 1. The fourth-order valence-corrected chi connectivity index (χ4v) is 3.41. The number of fused-ring (bicyclic) bond motifs is 1. The first-order valence-electron chi connectivity index (χ1n) is 8.12. The molecular formula is C19H16ClN3O3. The van der Waals surface area contributed by atoms with Gasteiger partial charge in [-0.3, -0.25) is 4.79 Å². The van der Waals surface area contributed by atoms with Gasteiger partial charge in [-0.1, -0.05) is 11.6 Å². The Morgan fingerprint density at radius 3 is 2.88 bits per heavy atom. The molecule has 0 spiro atoms. The molecule has 1 atom stereocenters. The van der Waals surface area contributed by atoms with Crippen LogP contribution in [0.3, 0.4) is 0 Å². The van der Waals surface area contributed by atoms with Crippen molar-refractivity contribution in [2.75, 3.05) is 7.11 Å². The minimum absolute atomic E-state index is 0.168. The molecule has 1 amide bonds. The SMILES string of the molecule is COc1ccc2nc(Cl)c([C@H]3CC(c4ccco4)=NN3C(C)=O)cc2c1. The maximum Gasteiger partial charge on any atom is 0.240 e. The van der Waals surface area contributed by atoms with Crippen LogP contribution in [0.2, 0.25) is 5.15 Å². The fourth-order valence-electron chi connectivity index (χ4n) is 3.14. The Kier molecular flexibility index (Phi) is 4.12. The van der Waals surface area contributed by atoms with Gasteiger partial charge in [-0.15, -0.1) is 0 Å². The number of furan rings is 1. The molecule has 1 aromatic carbocycles. The van der Waals surface area contributed by atoms with Gasteiger partial charge in [0.2, 0.25) is 5.91 Å². The summed E-state index contributed by atoms with van der Waals surface area (Å²) < 4.78 is 10.7. The van der Waals surface area contributed by atoms with Gasteiger partial charge in [-0.2, -0.15) is 5.10 Å². The summed E-state index contributed by atoms with van der Waals surface area (Å²) in [5.74, 6) is 1.21. The molecule has 0 N–H and O–H groups in total. The second-order valence-corrected chi connectivity index (χ2v) is 6.39. The largest absolute Gasteiger partial charge is 0.497 e. The third-order valence-electron chi connectivity index (χ3n) is 4.40. The van der Waals surface area contributed by atoms with E-state index in [-0.39, 0.29) is 11.9 Å². The first-order chi connectivity index (χ1) is 12.6. The Morgan fingerprint density at radius 2 is 2.19 bits per heavy atom. The molecule has 0 fully saturated rings. The van der Waals surface area contributed by atoms with Crippen molar-refractivity contribution in [3.63, 3.8) is 0 Å². The summed E-state index contributed by atoms with van der Waals surface area (Å²) in [5, 5.41) is 7.12. The number of carbonyl (C=O) groups excluding carboxylic acids is 1. The predicted octanol–water partition coefficient (Wildman–Crippen LogP) is 4.19. The zero-order valence-corrected chi connectivity index (χ0v) is 15.0. The van der Waals surface area contributed by atoms with E-state index in [1.807, 2.05) is 30.3 Å². The van der Waals surface area contributed by atoms with Crippen molar-refractivity contribution in [2.45, 2.75) is 19.4 Å². The van der Waals surface area contributed by atoms with Gasteiger partial charge >= 0.3 is 0 Å². The third-order valence-corrected chi connectivity index (χ3v) is 4.70. The number of methoxy groups -OCH3 is 1. The van der Waals surface area contributed by atoms with E-state index in [1.54, 1.807) is 19.4 Å². The molecule has 4 rings (SSSR count). The zero-order valence-electron chi connectivity index (χ0n) is 14.3. The molecule has 0 bridgehead atoms. The number of hydrogen-bond donors (Lipinski definition) is 0. The van der Waals surface area contributed by atoms with E-state index < -0.39 is 0 Å². The molecule has 0 saturated carbocycles. The number of hydrazone groups is 1. The lowest BCUT2D eigenvalue weighted by Gasteiger charge is -2.21. The summed E-state index contributed by atoms with van der Waals surface area (Å²) in [6, 6.07) is 10.8. The minimum atomic E-state index is -0.330. The van der Waals surface area contributed by atoms with Crippen LogP contribution in [-0.2, 0) is 4.79 Å². The van der Waals surface area contributed by atoms with E-state index in [0.717, 1.165) is 22.2 Å². The van der Waals surface area contributed by atoms with Gasteiger partial charge < -0.3 is 9.15 Å². The highest BCUT2D eigenvalue weighted by molar-refractivity contribution is 6.30. The highest BCUT2D eigenvalue weighted by Crippen LogP contribution is 2.37. The molecule has 6 nitrogen and oxygen atoms in total. The Balaban J connectivity index is 1.78. The van der Waals surface area contributed by atoms with Gasteiger partial charge in [-0.05, 0) is 36.4 Å². The Bertz CT molecular complexity index is 1010. The number of carbonyl (C=O) groups is 1. The maximum atomic E-state index is 12.1. The van der Waals surface area contributed by atoms with Crippen molar-refractivity contribution in [1.29, 1.82) is 0 Å². The molecule has 0 unspecified atom stereocenters. The molecule has 1 aliphatic heterocycles. The van der Waals surface area contributed by atoms with E-state index in [1.165, 1.54) is 11.9 Å². The first kappa shape index (κ1) is 16.6. The highest BCUT2D eigenvalue weighted by atomic mass is 35.5. The average Bonchev–Trinajstić information content (AvgIpc) is 3.30. The lowest BCUT2D eigenvalue weighted by atomic mass is 10.0. The number of halogens is 1. The van der Waals surface area contributed by atoms with Crippen molar-refractivity contribution in [1.82, 2.24) is 9.99 Å². The Hall–Kier alpha value is -2.86. The number of rotatable bonds is 3. The molecule has 2 aromatic heterocycles. The van der Waals surface area contributed by atoms with Gasteiger partial charge in [-0.25, -0.2) is 9.99 Å². The number of aromatic nitrogens is 1. The lowest BCUT2D eigenvalue weighted by molar-refractivity contribution is -0.130. The van der Waals surface area contributed by atoms with E-state index in [0.29, 0.717) is 23.0 Å². The smallest absolute Gasteiger partial charge is 0.240 e. The summed E-state index contributed by atoms with van der Waals surface area (Å²) in [4.78, 5) is 16.6. The van der Waals surface area contributed by atoms with Crippen LogP contribution in [0.25, 0.3) is 10.9 Å². The molecule has 0 aliphatic carbocycles. The normalized spacial score (nSPS) is 16.8. The van der Waals surface area contributed by atoms with Crippen molar-refractivity contribution in [2.24, 2.45) is 5.10 Å². The molecular weight excluding hydrogens is 354 g/mol. The molecule has 0 saturated heterocycles. The van der Waals surface area contributed by atoms with E-state index in [9.17, 15) is 4.79 Å². The average molecular weight is 370 g/mol. The van der Waals surface area contributed by atoms with Crippen LogP contribution in [0.4, 0.5) is 0 Å². The van der Waals surface area contributed by atoms with Crippen LogP contribution < -0.4 is 4.74 Å². The van der Waals surface area contributed by atoms with Crippen LogP contribution >= 0.6 is 11.6 Å². The second kappa shape index (κ2) is 6.46. The fraction of sp³-hybridized carbons (Fsp3) is 0.211. The Labute approximate surface area is 155 Å². The third kappa shape index (κ3) is 2.82. The van der Waals surface area contributed by atoms with Crippen LogP contribution in [-0.4, -0.2) is 28.7 Å². The van der Waals surface area contributed by atoms with Crippen molar-refractivity contribution < 1.29 is 13.9 Å². The molecule has 132 valence electrons. The predicted molar refractivity (Wildman–Crippen MR) is 98.4 cm³/mol. The monoisotopic (exact) mass is 369 g/mol. The molecule has 1 aliphatic rings. The van der Waals surface area contributed by atoms with Crippen LogP contribution in [0.1, 0.15) is 30.7 Å². The number of pyridine rings is 1. The number of amides is 1. The topological polar surface area (TPSA) is 67.9 Å². The van der Waals surface area contributed by atoms with E-state index >= 15 is 0 Å². The van der Waals surface area contributed by atoms with Crippen LogP contribution in [0, 0.1) is 0 Å². The standard InChI is InChI=1S/C19H16ClN3O3/c1-11(24)23-17(10-16(22-23)18-4-3-7-26-18)14-9-12-8-13(25-2)5-6-15(12)21-19(14)20/h3-9,17H,10H2,1-2H3/t17-/m1/s1. The van der Waals surface area contributed by atoms with Crippen LogP contribution in [0.15, 0.2) is 52.2 Å². The second-order valence-electron chi connectivity index (χ2n) is 6.03. The number of hydrogen-bond acceptors (Lipinski definition) is 5. The molecule has 3 aromatic rings. The minimum Gasteiger partial charge on any atom is -0.497 e. The van der Waals surface area contributed by atoms with Crippen molar-refractivity contribution >= 4 is 34.1 Å². The van der Waals surface area contributed by atoms with Crippen LogP contribution in [0.5, 0.6) is 5.75 Å². The van der Waals surface area contributed by atoms with Gasteiger partial charge in [0.15, 0.2) is 0 Å². The molecule has 0 radical (unpaired) electrons. The quantitative estimate of drug-likeness (QED) is 0.649. The molecule has 3 heterocycles. The lowest BCUT2D eigenvalue weighted by Crippen LogP contribution is -2.24. The highest BCUT2D eigenvalue weighted by Gasteiger charge is 2.34. The van der Waals surface area contributed by atoms with E-state index in [4.69, 9.17) is 20.8 Å². The number of nitrogens with zero attached hydrogens (tertiary/aromatic N) is 3. The Morgan fingerprint density at radius 1 is 1.35 bits per heavy atom. The summed E-state index contributed by atoms with van der Waals surface area (Å²) in [5.41, 5.74) is 2.21. The van der Waals surface area contributed by atoms with Gasteiger partial charge in [0.05, 0.1) is 24.9 Å². The molecule has 7 heteroatoms. The van der Waals surface area contributed by atoms with Gasteiger partial charge in [0.25, 0.3) is 0 Å². The van der Waals surface area contributed by atoms with Gasteiger partial charge in [0, 0.05) is 24.3 Å².